The Morgan fingerprint density at radius 1 is 1.29 bits per heavy atom. The quantitative estimate of drug-likeness (QED) is 0.504. The number of hydrogen-bond acceptors (Lipinski definition) is 3. The molecule has 1 aromatic carbocycles. The van der Waals surface area contributed by atoms with Crippen LogP contribution in [0.25, 0.3) is 10.9 Å². The lowest BCUT2D eigenvalue weighted by Gasteiger charge is -2.21. The number of nitrogens with two attached hydrogens (primary N) is 1. The van der Waals surface area contributed by atoms with E-state index in [0.29, 0.717) is 11.3 Å². The Hall–Kier alpha value is -2.01. The number of anilines is 1. The Morgan fingerprint density at radius 2 is 2.10 bits per heavy atom. The van der Waals surface area contributed by atoms with E-state index in [1.807, 2.05) is 6.07 Å². The third-order valence-electron chi connectivity index (χ3n) is 4.25. The summed E-state index contributed by atoms with van der Waals surface area (Å²) in [7, 11) is 0. The van der Waals surface area contributed by atoms with Crippen LogP contribution in [-0.4, -0.2) is 28.1 Å². The second-order valence-electron chi connectivity index (χ2n) is 5.79. The summed E-state index contributed by atoms with van der Waals surface area (Å²) in [6, 6.07) is 5.30. The lowest BCUT2D eigenvalue weighted by molar-refractivity contribution is 0.0820. The molecule has 1 amide bonds. The summed E-state index contributed by atoms with van der Waals surface area (Å²) in [6.45, 7) is 0. The first kappa shape index (κ1) is 13.9. The number of rotatable bonds is 2. The van der Waals surface area contributed by atoms with Crippen molar-refractivity contribution < 1.29 is 9.90 Å². The van der Waals surface area contributed by atoms with Gasteiger partial charge in [-0.3, -0.25) is 4.79 Å². The first-order chi connectivity index (χ1) is 10.1. The van der Waals surface area contributed by atoms with Crippen molar-refractivity contribution in [2.75, 3.05) is 5.73 Å². The van der Waals surface area contributed by atoms with Gasteiger partial charge in [-0.15, -0.1) is 0 Å². The molecule has 112 valence electrons. The standard InChI is InChI=1S/C16H21N3O2/c17-10-6-7-13-11(8-10)12(9-18-13)16(21)19-14-4-2-1-3-5-15(14)20/h6-9,14-15,18,20H,1-5,17H2,(H,19,21). The van der Waals surface area contributed by atoms with Crippen molar-refractivity contribution in [1.29, 1.82) is 0 Å². The van der Waals surface area contributed by atoms with Crippen molar-refractivity contribution in [2.24, 2.45) is 0 Å². The zero-order valence-corrected chi connectivity index (χ0v) is 11.9. The molecule has 1 fully saturated rings. The van der Waals surface area contributed by atoms with Gasteiger partial charge in [-0.1, -0.05) is 19.3 Å². The fourth-order valence-corrected chi connectivity index (χ4v) is 3.03. The maximum Gasteiger partial charge on any atom is 0.253 e. The van der Waals surface area contributed by atoms with E-state index in [4.69, 9.17) is 5.73 Å². The van der Waals surface area contributed by atoms with Gasteiger partial charge in [0.05, 0.1) is 17.7 Å². The number of aliphatic hydroxyl groups excluding tert-OH is 1. The maximum atomic E-state index is 12.5. The lowest BCUT2D eigenvalue weighted by Crippen LogP contribution is -2.42. The summed E-state index contributed by atoms with van der Waals surface area (Å²) in [6.07, 6.45) is 6.02. The average Bonchev–Trinajstić information content (AvgIpc) is 2.77. The van der Waals surface area contributed by atoms with Crippen molar-refractivity contribution in [3.63, 3.8) is 0 Å². The second-order valence-corrected chi connectivity index (χ2v) is 5.79. The van der Waals surface area contributed by atoms with E-state index in [1.165, 1.54) is 0 Å². The maximum absolute atomic E-state index is 12.5. The number of fused-ring (bicyclic) bond motifs is 1. The van der Waals surface area contributed by atoms with Crippen LogP contribution < -0.4 is 11.1 Å². The highest BCUT2D eigenvalue weighted by atomic mass is 16.3. The topological polar surface area (TPSA) is 91.1 Å². The monoisotopic (exact) mass is 287 g/mol. The Morgan fingerprint density at radius 3 is 2.95 bits per heavy atom. The fourth-order valence-electron chi connectivity index (χ4n) is 3.03. The number of nitrogens with one attached hydrogen (secondary N) is 2. The predicted molar refractivity (Wildman–Crippen MR) is 83.1 cm³/mol. The number of nitrogen functional groups attached to an aromatic ring is 1. The van der Waals surface area contributed by atoms with E-state index in [9.17, 15) is 9.90 Å². The molecule has 0 spiro atoms. The molecule has 0 bridgehead atoms. The summed E-state index contributed by atoms with van der Waals surface area (Å²) in [5, 5.41) is 13.9. The second kappa shape index (κ2) is 5.77. The molecule has 1 aliphatic rings. The molecule has 21 heavy (non-hydrogen) atoms. The Kier molecular flexibility index (Phi) is 3.84. The molecular weight excluding hydrogens is 266 g/mol. The number of carbonyl (C=O) groups is 1. The molecule has 2 unspecified atom stereocenters. The van der Waals surface area contributed by atoms with Gasteiger partial charge >= 0.3 is 0 Å². The molecule has 5 nitrogen and oxygen atoms in total. The molecule has 3 rings (SSSR count). The summed E-state index contributed by atoms with van der Waals surface area (Å²) in [5.41, 5.74) is 7.89. The molecule has 1 aliphatic carbocycles. The molecule has 1 saturated carbocycles. The minimum Gasteiger partial charge on any atom is -0.399 e. The van der Waals surface area contributed by atoms with Gasteiger partial charge < -0.3 is 21.1 Å². The molecule has 0 aliphatic heterocycles. The molecule has 0 radical (unpaired) electrons. The smallest absolute Gasteiger partial charge is 0.253 e. The highest BCUT2D eigenvalue weighted by molar-refractivity contribution is 6.07. The Bertz CT molecular complexity index is 650. The van der Waals surface area contributed by atoms with Crippen molar-refractivity contribution in [3.8, 4) is 0 Å². The van der Waals surface area contributed by atoms with E-state index in [2.05, 4.69) is 10.3 Å². The van der Waals surface area contributed by atoms with Crippen molar-refractivity contribution in [1.82, 2.24) is 10.3 Å². The van der Waals surface area contributed by atoms with Crippen LogP contribution in [0, 0.1) is 0 Å². The number of aromatic amines is 1. The van der Waals surface area contributed by atoms with Crippen LogP contribution in [0.1, 0.15) is 42.5 Å². The minimum absolute atomic E-state index is 0.155. The Balaban J connectivity index is 1.81. The van der Waals surface area contributed by atoms with Crippen molar-refractivity contribution >= 4 is 22.5 Å². The van der Waals surface area contributed by atoms with Crippen LogP contribution in [0.15, 0.2) is 24.4 Å². The van der Waals surface area contributed by atoms with Crippen molar-refractivity contribution in [3.05, 3.63) is 30.0 Å². The molecule has 2 aromatic rings. The van der Waals surface area contributed by atoms with Gasteiger partial charge in [-0.25, -0.2) is 0 Å². The van der Waals surface area contributed by atoms with Gasteiger partial charge in [-0.2, -0.15) is 0 Å². The summed E-state index contributed by atoms with van der Waals surface area (Å²) < 4.78 is 0. The first-order valence-corrected chi connectivity index (χ1v) is 7.50. The summed E-state index contributed by atoms with van der Waals surface area (Å²) in [5.74, 6) is -0.155. The van der Waals surface area contributed by atoms with E-state index >= 15 is 0 Å². The minimum atomic E-state index is -0.452. The zero-order valence-electron chi connectivity index (χ0n) is 11.9. The van der Waals surface area contributed by atoms with Crippen LogP contribution in [0.3, 0.4) is 0 Å². The molecule has 5 heteroatoms. The van der Waals surface area contributed by atoms with Gasteiger partial charge in [0.2, 0.25) is 0 Å². The number of amides is 1. The number of carbonyl (C=O) groups excluding carboxylic acids is 1. The van der Waals surface area contributed by atoms with Crippen LogP contribution in [-0.2, 0) is 0 Å². The molecule has 0 saturated heterocycles. The van der Waals surface area contributed by atoms with E-state index in [-0.39, 0.29) is 11.9 Å². The van der Waals surface area contributed by atoms with Crippen LogP contribution in [0.4, 0.5) is 5.69 Å². The SMILES string of the molecule is Nc1ccc2[nH]cc(C(=O)NC3CCCCCC3O)c2c1. The number of hydrogen-bond donors (Lipinski definition) is 4. The molecular formula is C16H21N3O2. The third kappa shape index (κ3) is 2.88. The number of aliphatic hydroxyl groups is 1. The lowest BCUT2D eigenvalue weighted by atomic mass is 10.1. The summed E-state index contributed by atoms with van der Waals surface area (Å²) in [4.78, 5) is 15.6. The number of benzene rings is 1. The zero-order chi connectivity index (χ0) is 14.8. The highest BCUT2D eigenvalue weighted by Crippen LogP contribution is 2.22. The number of H-pyrrole nitrogens is 1. The van der Waals surface area contributed by atoms with Crippen molar-refractivity contribution in [2.45, 2.75) is 44.2 Å². The normalized spacial score (nSPS) is 22.9. The molecule has 1 heterocycles. The van der Waals surface area contributed by atoms with Gasteiger partial charge in [-0.05, 0) is 31.0 Å². The van der Waals surface area contributed by atoms with Crippen LogP contribution >= 0.6 is 0 Å². The summed E-state index contributed by atoms with van der Waals surface area (Å²) >= 11 is 0. The number of aromatic nitrogens is 1. The first-order valence-electron chi connectivity index (χ1n) is 7.50. The largest absolute Gasteiger partial charge is 0.399 e. The van der Waals surface area contributed by atoms with Crippen LogP contribution in [0.5, 0.6) is 0 Å². The molecule has 1 aromatic heterocycles. The Labute approximate surface area is 123 Å². The van der Waals surface area contributed by atoms with E-state index in [1.54, 1.807) is 18.3 Å². The van der Waals surface area contributed by atoms with Gasteiger partial charge in [0.15, 0.2) is 0 Å². The molecule has 5 N–H and O–H groups in total. The van der Waals surface area contributed by atoms with Gasteiger partial charge in [0.1, 0.15) is 0 Å². The van der Waals surface area contributed by atoms with Gasteiger partial charge in [0.25, 0.3) is 5.91 Å². The van der Waals surface area contributed by atoms with E-state index < -0.39 is 6.10 Å². The third-order valence-corrected chi connectivity index (χ3v) is 4.25. The predicted octanol–water partition coefficient (Wildman–Crippen LogP) is 2.17. The van der Waals surface area contributed by atoms with E-state index in [0.717, 1.165) is 43.0 Å². The fraction of sp³-hybridized carbons (Fsp3) is 0.438. The van der Waals surface area contributed by atoms with Crippen LogP contribution in [0.2, 0.25) is 0 Å². The molecule has 2 atom stereocenters. The average molecular weight is 287 g/mol. The van der Waals surface area contributed by atoms with Gasteiger partial charge in [0, 0.05) is 22.8 Å². The highest BCUT2D eigenvalue weighted by Gasteiger charge is 2.24.